The van der Waals surface area contributed by atoms with E-state index >= 15 is 0 Å². The van der Waals surface area contributed by atoms with Gasteiger partial charge in [-0.05, 0) is 30.3 Å². The standard InChI is InChI=1S/C16H13BrClN3O/c17-6-8-22-14-3-1-11-9-19-7-5-13(11)16(14)21-12-2-4-15(18)20-10-12/h1-5,7,9-10,21H,6,8H2. The van der Waals surface area contributed by atoms with Crippen LogP contribution in [0.5, 0.6) is 5.75 Å². The van der Waals surface area contributed by atoms with Gasteiger partial charge in [0.15, 0.2) is 0 Å². The van der Waals surface area contributed by atoms with E-state index in [0.717, 1.165) is 33.2 Å². The monoisotopic (exact) mass is 377 g/mol. The van der Waals surface area contributed by atoms with Crippen LogP contribution in [0, 0.1) is 0 Å². The topological polar surface area (TPSA) is 47.0 Å². The van der Waals surface area contributed by atoms with Gasteiger partial charge < -0.3 is 10.1 Å². The molecular weight excluding hydrogens is 366 g/mol. The third-order valence-electron chi connectivity index (χ3n) is 3.11. The Morgan fingerprint density at radius 1 is 1.14 bits per heavy atom. The Hall–Kier alpha value is -1.85. The number of nitrogens with one attached hydrogen (secondary N) is 1. The molecule has 6 heteroatoms. The zero-order valence-corrected chi connectivity index (χ0v) is 13.9. The summed E-state index contributed by atoms with van der Waals surface area (Å²) in [7, 11) is 0. The molecule has 22 heavy (non-hydrogen) atoms. The normalized spacial score (nSPS) is 10.6. The van der Waals surface area contributed by atoms with Crippen molar-refractivity contribution in [3.63, 3.8) is 0 Å². The molecule has 0 aliphatic rings. The number of pyridine rings is 2. The number of fused-ring (bicyclic) bond motifs is 1. The molecule has 0 spiro atoms. The average Bonchev–Trinajstić information content (AvgIpc) is 2.56. The molecular formula is C16H13BrClN3O. The molecule has 0 bridgehead atoms. The first-order valence-corrected chi connectivity index (χ1v) is 8.22. The van der Waals surface area contributed by atoms with Crippen molar-refractivity contribution in [1.29, 1.82) is 0 Å². The molecule has 112 valence electrons. The second-order valence-electron chi connectivity index (χ2n) is 4.57. The molecule has 0 unspecified atom stereocenters. The van der Waals surface area contributed by atoms with Gasteiger partial charge in [0.25, 0.3) is 0 Å². The van der Waals surface area contributed by atoms with Gasteiger partial charge in [-0.15, -0.1) is 0 Å². The zero-order valence-electron chi connectivity index (χ0n) is 11.6. The summed E-state index contributed by atoms with van der Waals surface area (Å²) in [4.78, 5) is 8.25. The Balaban J connectivity index is 2.05. The average molecular weight is 379 g/mol. The van der Waals surface area contributed by atoms with Crippen molar-refractivity contribution in [3.05, 3.63) is 54.1 Å². The predicted octanol–water partition coefficient (Wildman–Crippen LogP) is 4.80. The lowest BCUT2D eigenvalue weighted by atomic mass is 10.1. The number of rotatable bonds is 5. The van der Waals surface area contributed by atoms with E-state index in [0.29, 0.717) is 11.8 Å². The molecule has 0 saturated carbocycles. The summed E-state index contributed by atoms with van der Waals surface area (Å²) in [6, 6.07) is 9.52. The summed E-state index contributed by atoms with van der Waals surface area (Å²) in [6.07, 6.45) is 5.29. The number of hydrogen-bond acceptors (Lipinski definition) is 4. The summed E-state index contributed by atoms with van der Waals surface area (Å²) in [5, 5.41) is 6.67. The van der Waals surface area contributed by atoms with Crippen LogP contribution in [0.15, 0.2) is 48.9 Å². The third-order valence-corrected chi connectivity index (χ3v) is 3.66. The minimum atomic E-state index is 0.462. The highest BCUT2D eigenvalue weighted by Gasteiger charge is 2.10. The molecule has 0 saturated heterocycles. The van der Waals surface area contributed by atoms with Crippen LogP contribution in [0.25, 0.3) is 10.8 Å². The Kier molecular flexibility index (Phi) is 4.75. The molecule has 1 N–H and O–H groups in total. The van der Waals surface area contributed by atoms with Crippen LogP contribution >= 0.6 is 27.5 Å². The highest BCUT2D eigenvalue weighted by Crippen LogP contribution is 2.35. The van der Waals surface area contributed by atoms with E-state index in [1.54, 1.807) is 18.5 Å². The van der Waals surface area contributed by atoms with E-state index in [-0.39, 0.29) is 0 Å². The molecule has 0 amide bonds. The zero-order chi connectivity index (χ0) is 15.4. The minimum absolute atomic E-state index is 0.462. The van der Waals surface area contributed by atoms with Gasteiger partial charge >= 0.3 is 0 Å². The number of benzene rings is 1. The Bertz CT molecular complexity index is 780. The molecule has 1 aromatic carbocycles. The number of aromatic nitrogens is 2. The second kappa shape index (κ2) is 6.94. The van der Waals surface area contributed by atoms with E-state index in [9.17, 15) is 0 Å². The van der Waals surface area contributed by atoms with Gasteiger partial charge in [-0.2, -0.15) is 0 Å². The van der Waals surface area contributed by atoms with Crippen molar-refractivity contribution < 1.29 is 4.74 Å². The van der Waals surface area contributed by atoms with Crippen LogP contribution < -0.4 is 10.1 Å². The number of alkyl halides is 1. The van der Waals surface area contributed by atoms with E-state index < -0.39 is 0 Å². The van der Waals surface area contributed by atoms with Gasteiger partial charge in [0.05, 0.1) is 24.2 Å². The molecule has 0 aliphatic heterocycles. The van der Waals surface area contributed by atoms with Crippen LogP contribution in [0.3, 0.4) is 0 Å². The van der Waals surface area contributed by atoms with Gasteiger partial charge in [-0.25, -0.2) is 4.98 Å². The Morgan fingerprint density at radius 2 is 2.05 bits per heavy atom. The Labute approximate surface area is 141 Å². The fourth-order valence-corrected chi connectivity index (χ4v) is 2.41. The highest BCUT2D eigenvalue weighted by atomic mass is 79.9. The summed E-state index contributed by atoms with van der Waals surface area (Å²) >= 11 is 9.21. The number of ether oxygens (including phenoxy) is 1. The molecule has 3 aromatic rings. The molecule has 2 aromatic heterocycles. The predicted molar refractivity (Wildman–Crippen MR) is 93.6 cm³/mol. The first kappa shape index (κ1) is 15.1. The van der Waals surface area contributed by atoms with Crippen molar-refractivity contribution in [2.75, 3.05) is 17.3 Å². The van der Waals surface area contributed by atoms with Crippen LogP contribution in [-0.2, 0) is 0 Å². The number of anilines is 2. The summed E-state index contributed by atoms with van der Waals surface area (Å²) in [5.74, 6) is 0.785. The van der Waals surface area contributed by atoms with E-state index in [1.165, 1.54) is 0 Å². The maximum atomic E-state index is 5.83. The van der Waals surface area contributed by atoms with Crippen LogP contribution in [0.4, 0.5) is 11.4 Å². The second-order valence-corrected chi connectivity index (χ2v) is 5.75. The largest absolute Gasteiger partial charge is 0.491 e. The molecule has 0 atom stereocenters. The number of halogens is 2. The highest BCUT2D eigenvalue weighted by molar-refractivity contribution is 9.09. The quantitative estimate of drug-likeness (QED) is 0.512. The first-order chi connectivity index (χ1) is 10.8. The minimum Gasteiger partial charge on any atom is -0.491 e. The lowest BCUT2D eigenvalue weighted by Gasteiger charge is -2.15. The lowest BCUT2D eigenvalue weighted by molar-refractivity contribution is 0.347. The van der Waals surface area contributed by atoms with E-state index in [1.807, 2.05) is 30.5 Å². The fraction of sp³-hybridized carbons (Fsp3) is 0.125. The molecule has 4 nitrogen and oxygen atoms in total. The van der Waals surface area contributed by atoms with Crippen LogP contribution in [-0.4, -0.2) is 21.9 Å². The van der Waals surface area contributed by atoms with Crippen molar-refractivity contribution in [2.45, 2.75) is 0 Å². The third kappa shape index (κ3) is 3.31. The number of nitrogens with zero attached hydrogens (tertiary/aromatic N) is 2. The molecule has 0 aliphatic carbocycles. The van der Waals surface area contributed by atoms with Gasteiger partial charge in [-0.3, -0.25) is 4.98 Å². The van der Waals surface area contributed by atoms with Crippen LogP contribution in [0.2, 0.25) is 5.15 Å². The molecule has 2 heterocycles. The van der Waals surface area contributed by atoms with E-state index in [4.69, 9.17) is 16.3 Å². The maximum absolute atomic E-state index is 5.83. The smallest absolute Gasteiger partial charge is 0.143 e. The SMILES string of the molecule is Clc1ccc(Nc2c(OCCBr)ccc3cnccc23)cn1. The maximum Gasteiger partial charge on any atom is 0.143 e. The summed E-state index contributed by atoms with van der Waals surface area (Å²) in [6.45, 7) is 0.587. The van der Waals surface area contributed by atoms with Gasteiger partial charge in [0.1, 0.15) is 10.9 Å². The summed E-state index contributed by atoms with van der Waals surface area (Å²) in [5.41, 5.74) is 1.74. The van der Waals surface area contributed by atoms with Crippen molar-refractivity contribution >= 4 is 49.7 Å². The van der Waals surface area contributed by atoms with Gasteiger partial charge in [0, 0.05) is 28.5 Å². The van der Waals surface area contributed by atoms with Crippen molar-refractivity contribution in [2.24, 2.45) is 0 Å². The first-order valence-electron chi connectivity index (χ1n) is 6.72. The fourth-order valence-electron chi connectivity index (χ4n) is 2.14. The summed E-state index contributed by atoms with van der Waals surface area (Å²) < 4.78 is 5.81. The van der Waals surface area contributed by atoms with E-state index in [2.05, 4.69) is 31.2 Å². The van der Waals surface area contributed by atoms with Crippen molar-refractivity contribution in [1.82, 2.24) is 9.97 Å². The lowest BCUT2D eigenvalue weighted by Crippen LogP contribution is -2.02. The van der Waals surface area contributed by atoms with Crippen molar-refractivity contribution in [3.8, 4) is 5.75 Å². The Morgan fingerprint density at radius 3 is 2.82 bits per heavy atom. The molecule has 3 rings (SSSR count). The van der Waals surface area contributed by atoms with Gasteiger partial charge in [0.2, 0.25) is 0 Å². The molecule has 0 radical (unpaired) electrons. The number of hydrogen-bond donors (Lipinski definition) is 1. The van der Waals surface area contributed by atoms with Crippen LogP contribution in [0.1, 0.15) is 0 Å². The molecule has 0 fully saturated rings. The van der Waals surface area contributed by atoms with Gasteiger partial charge in [-0.1, -0.05) is 27.5 Å².